The lowest BCUT2D eigenvalue weighted by molar-refractivity contribution is 0.165. The standard InChI is InChI=1S/C10H20O2Si/c1-10(2)9-11-6-8-13-7-4-3-5-12-13/h13H,1,3-9H2,2H3. The van der Waals surface area contributed by atoms with Gasteiger partial charge in [-0.1, -0.05) is 18.6 Å². The van der Waals surface area contributed by atoms with Crippen molar-refractivity contribution in [2.45, 2.75) is 31.9 Å². The van der Waals surface area contributed by atoms with Crippen LogP contribution in [0.2, 0.25) is 12.1 Å². The van der Waals surface area contributed by atoms with Crippen molar-refractivity contribution in [3.05, 3.63) is 12.2 Å². The molecule has 13 heavy (non-hydrogen) atoms. The lowest BCUT2D eigenvalue weighted by Crippen LogP contribution is -2.24. The first-order chi connectivity index (χ1) is 6.29. The van der Waals surface area contributed by atoms with Gasteiger partial charge >= 0.3 is 0 Å². The summed E-state index contributed by atoms with van der Waals surface area (Å²) in [6.07, 6.45) is 2.63. The third kappa shape index (κ3) is 5.24. The molecule has 0 bridgehead atoms. The minimum absolute atomic E-state index is 0.709. The predicted molar refractivity (Wildman–Crippen MR) is 57.6 cm³/mol. The van der Waals surface area contributed by atoms with E-state index in [4.69, 9.17) is 9.16 Å². The second-order valence-corrected chi connectivity index (χ2v) is 6.52. The molecule has 1 fully saturated rings. The molecule has 1 heterocycles. The van der Waals surface area contributed by atoms with Crippen molar-refractivity contribution in [2.75, 3.05) is 19.8 Å². The Labute approximate surface area is 82.7 Å². The van der Waals surface area contributed by atoms with Crippen LogP contribution in [0.1, 0.15) is 19.8 Å². The molecule has 0 spiro atoms. The lowest BCUT2D eigenvalue weighted by Gasteiger charge is -2.20. The molecule has 1 unspecified atom stereocenters. The van der Waals surface area contributed by atoms with Gasteiger partial charge in [-0.2, -0.15) is 0 Å². The largest absolute Gasteiger partial charge is 0.420 e. The highest BCUT2D eigenvalue weighted by Gasteiger charge is 2.15. The SMILES string of the molecule is C=C(C)COCC[SiH]1CCCCO1. The van der Waals surface area contributed by atoms with Crippen molar-refractivity contribution in [3.63, 3.8) is 0 Å². The fourth-order valence-electron chi connectivity index (χ4n) is 1.50. The van der Waals surface area contributed by atoms with Crippen molar-refractivity contribution in [2.24, 2.45) is 0 Å². The Hall–Kier alpha value is -0.123. The molecule has 1 saturated heterocycles. The molecule has 0 amide bonds. The summed E-state index contributed by atoms with van der Waals surface area (Å²) >= 11 is 0. The zero-order valence-corrected chi connectivity index (χ0v) is 9.71. The summed E-state index contributed by atoms with van der Waals surface area (Å²) in [6.45, 7) is 8.36. The summed E-state index contributed by atoms with van der Waals surface area (Å²) in [4.78, 5) is 0. The van der Waals surface area contributed by atoms with Crippen molar-refractivity contribution >= 4 is 9.04 Å². The first-order valence-electron chi connectivity index (χ1n) is 5.13. The molecule has 1 aliphatic rings. The number of hydrogen-bond donors (Lipinski definition) is 0. The van der Waals surface area contributed by atoms with E-state index in [0.717, 1.165) is 18.8 Å². The highest BCUT2D eigenvalue weighted by molar-refractivity contribution is 6.52. The van der Waals surface area contributed by atoms with Crippen LogP contribution in [0, 0.1) is 0 Å². The fraction of sp³-hybridized carbons (Fsp3) is 0.800. The molecule has 2 nitrogen and oxygen atoms in total. The van der Waals surface area contributed by atoms with E-state index in [1.54, 1.807) is 0 Å². The number of ether oxygens (including phenoxy) is 1. The zero-order chi connectivity index (χ0) is 9.52. The summed E-state index contributed by atoms with van der Waals surface area (Å²) in [5, 5.41) is 0. The van der Waals surface area contributed by atoms with E-state index >= 15 is 0 Å². The van der Waals surface area contributed by atoms with Crippen molar-refractivity contribution < 1.29 is 9.16 Å². The van der Waals surface area contributed by atoms with Crippen molar-refractivity contribution in [3.8, 4) is 0 Å². The Kier molecular flexibility index (Phi) is 5.35. The van der Waals surface area contributed by atoms with Gasteiger partial charge in [0.25, 0.3) is 0 Å². The lowest BCUT2D eigenvalue weighted by atomic mass is 10.4. The average Bonchev–Trinajstić information content (AvgIpc) is 2.14. The zero-order valence-electron chi connectivity index (χ0n) is 8.55. The fourth-order valence-corrected chi connectivity index (χ4v) is 3.79. The van der Waals surface area contributed by atoms with Crippen LogP contribution in [0.15, 0.2) is 12.2 Å². The molecule has 0 aromatic carbocycles. The normalized spacial score (nSPS) is 23.0. The maximum absolute atomic E-state index is 5.72. The van der Waals surface area contributed by atoms with E-state index < -0.39 is 9.04 Å². The quantitative estimate of drug-likeness (QED) is 0.384. The minimum atomic E-state index is -0.844. The van der Waals surface area contributed by atoms with Gasteiger partial charge in [-0.3, -0.25) is 0 Å². The van der Waals surface area contributed by atoms with Gasteiger partial charge in [0.05, 0.1) is 6.61 Å². The Balaban J connectivity index is 1.95. The van der Waals surface area contributed by atoms with Crippen LogP contribution in [0.25, 0.3) is 0 Å². The Morgan fingerprint density at radius 3 is 3.00 bits per heavy atom. The summed E-state index contributed by atoms with van der Waals surface area (Å²) in [5.74, 6) is 0. The molecular weight excluding hydrogens is 180 g/mol. The van der Waals surface area contributed by atoms with E-state index in [0.29, 0.717) is 6.61 Å². The molecule has 0 aromatic heterocycles. The Bertz CT molecular complexity index is 153. The highest BCUT2D eigenvalue weighted by Crippen LogP contribution is 2.13. The summed E-state index contributed by atoms with van der Waals surface area (Å²) in [6, 6.07) is 2.52. The molecule has 1 atom stereocenters. The Morgan fingerprint density at radius 1 is 1.54 bits per heavy atom. The summed E-state index contributed by atoms with van der Waals surface area (Å²) < 4.78 is 11.2. The second-order valence-electron chi connectivity index (χ2n) is 3.79. The van der Waals surface area contributed by atoms with Gasteiger partial charge in [0.2, 0.25) is 0 Å². The van der Waals surface area contributed by atoms with E-state index in [2.05, 4.69) is 6.58 Å². The van der Waals surface area contributed by atoms with Crippen LogP contribution >= 0.6 is 0 Å². The molecule has 1 aliphatic heterocycles. The third-order valence-electron chi connectivity index (χ3n) is 2.21. The van der Waals surface area contributed by atoms with Gasteiger partial charge in [-0.05, 0) is 25.4 Å². The molecule has 0 aliphatic carbocycles. The first kappa shape index (κ1) is 11.0. The summed E-state index contributed by atoms with van der Waals surface area (Å²) in [5.41, 5.74) is 1.10. The van der Waals surface area contributed by atoms with E-state index in [-0.39, 0.29) is 0 Å². The molecule has 76 valence electrons. The average molecular weight is 200 g/mol. The predicted octanol–water partition coefficient (Wildman–Crippen LogP) is 2.11. The van der Waals surface area contributed by atoms with Crippen LogP contribution in [0.5, 0.6) is 0 Å². The van der Waals surface area contributed by atoms with Gasteiger partial charge in [-0.15, -0.1) is 0 Å². The molecule has 1 rings (SSSR count). The van der Waals surface area contributed by atoms with Gasteiger partial charge < -0.3 is 9.16 Å². The molecular formula is C10H20O2Si. The minimum Gasteiger partial charge on any atom is -0.420 e. The van der Waals surface area contributed by atoms with Gasteiger partial charge in [0.15, 0.2) is 9.04 Å². The molecule has 3 heteroatoms. The maximum Gasteiger partial charge on any atom is 0.179 e. The van der Waals surface area contributed by atoms with Crippen LogP contribution in [0.3, 0.4) is 0 Å². The number of rotatable bonds is 5. The van der Waals surface area contributed by atoms with Gasteiger partial charge in [-0.25, -0.2) is 0 Å². The van der Waals surface area contributed by atoms with Crippen molar-refractivity contribution in [1.82, 2.24) is 0 Å². The molecule has 0 saturated carbocycles. The molecule has 0 radical (unpaired) electrons. The molecule has 0 N–H and O–H groups in total. The number of hydrogen-bond acceptors (Lipinski definition) is 2. The second kappa shape index (κ2) is 6.35. The smallest absolute Gasteiger partial charge is 0.179 e. The first-order valence-corrected chi connectivity index (χ1v) is 7.23. The van der Waals surface area contributed by atoms with Crippen LogP contribution in [-0.2, 0) is 9.16 Å². The monoisotopic (exact) mass is 200 g/mol. The van der Waals surface area contributed by atoms with Crippen molar-refractivity contribution in [1.29, 1.82) is 0 Å². The maximum atomic E-state index is 5.72. The van der Waals surface area contributed by atoms with E-state index in [1.165, 1.54) is 24.9 Å². The topological polar surface area (TPSA) is 18.5 Å². The van der Waals surface area contributed by atoms with E-state index in [9.17, 15) is 0 Å². The summed E-state index contributed by atoms with van der Waals surface area (Å²) in [7, 11) is -0.844. The third-order valence-corrected chi connectivity index (χ3v) is 4.85. The Morgan fingerprint density at radius 2 is 2.38 bits per heavy atom. The highest BCUT2D eigenvalue weighted by atomic mass is 28.3. The van der Waals surface area contributed by atoms with Crippen LogP contribution in [-0.4, -0.2) is 28.9 Å². The van der Waals surface area contributed by atoms with Gasteiger partial charge in [0, 0.05) is 13.2 Å². The van der Waals surface area contributed by atoms with Gasteiger partial charge in [0.1, 0.15) is 0 Å². The molecule has 0 aromatic rings. The van der Waals surface area contributed by atoms with E-state index in [1.807, 2.05) is 6.92 Å². The van der Waals surface area contributed by atoms with Crippen LogP contribution in [0.4, 0.5) is 0 Å². The van der Waals surface area contributed by atoms with Crippen LogP contribution < -0.4 is 0 Å².